The third kappa shape index (κ3) is 3.85. The Bertz CT molecular complexity index is 1290. The van der Waals surface area contributed by atoms with Gasteiger partial charge in [0, 0.05) is 11.4 Å². The summed E-state index contributed by atoms with van der Waals surface area (Å²) in [6.07, 6.45) is 3.54. The molecular formula is C19H15N3O4S4. The molecule has 1 amide bonds. The molecule has 30 heavy (non-hydrogen) atoms. The molecule has 7 nitrogen and oxygen atoms in total. The number of thioether (sulfide) groups is 2. The minimum Gasteiger partial charge on any atom is -0.480 e. The van der Waals surface area contributed by atoms with Gasteiger partial charge in [0.05, 0.1) is 15.2 Å². The van der Waals surface area contributed by atoms with Crippen molar-refractivity contribution in [1.82, 2.24) is 9.88 Å². The minimum atomic E-state index is -1.16. The summed E-state index contributed by atoms with van der Waals surface area (Å²) in [5, 5.41) is 12.7. The highest BCUT2D eigenvalue weighted by Crippen LogP contribution is 2.45. The number of fused-ring (bicyclic) bond motifs is 1. The Morgan fingerprint density at radius 3 is 2.67 bits per heavy atom. The van der Waals surface area contributed by atoms with Gasteiger partial charge in [-0.05, 0) is 31.2 Å². The van der Waals surface area contributed by atoms with E-state index >= 15 is 0 Å². The molecule has 1 saturated heterocycles. The van der Waals surface area contributed by atoms with Crippen molar-refractivity contribution >= 4 is 79.9 Å². The number of allylic oxidation sites excluding steroid dienone is 1. The monoisotopic (exact) mass is 477 g/mol. The Kier molecular flexibility index (Phi) is 5.87. The summed E-state index contributed by atoms with van der Waals surface area (Å²) in [6.45, 7) is 2.30. The zero-order valence-corrected chi connectivity index (χ0v) is 18.8. The van der Waals surface area contributed by atoms with Crippen LogP contribution in [0.3, 0.4) is 0 Å². The number of aromatic nitrogens is 1. The van der Waals surface area contributed by atoms with Crippen LogP contribution in [0.25, 0.3) is 11.0 Å². The van der Waals surface area contributed by atoms with Gasteiger partial charge in [-0.3, -0.25) is 19.0 Å². The number of anilines is 1. The van der Waals surface area contributed by atoms with E-state index in [-0.39, 0.29) is 9.23 Å². The maximum Gasteiger partial charge on any atom is 0.323 e. The number of rotatable bonds is 4. The largest absolute Gasteiger partial charge is 0.480 e. The van der Waals surface area contributed by atoms with E-state index in [1.165, 1.54) is 0 Å². The van der Waals surface area contributed by atoms with Crippen LogP contribution in [0, 0.1) is 0 Å². The number of para-hydroxylation sites is 1. The number of carbonyl (C=O) groups excluding carboxylic acids is 1. The van der Waals surface area contributed by atoms with E-state index in [4.69, 9.17) is 12.2 Å². The summed E-state index contributed by atoms with van der Waals surface area (Å²) >= 11 is 8.74. The van der Waals surface area contributed by atoms with E-state index in [0.29, 0.717) is 9.20 Å². The number of thiocarbonyl (C=S) groups is 1. The van der Waals surface area contributed by atoms with Gasteiger partial charge in [0.1, 0.15) is 20.4 Å². The SMILES string of the molecule is CCN1C(=CC=c2s/c(=C3\SC(=S)NC3=O)n(CC(=O)O)c2=O)Sc2ccccc21. The van der Waals surface area contributed by atoms with Crippen molar-refractivity contribution in [3.05, 3.63) is 54.9 Å². The number of benzene rings is 1. The number of amides is 1. The second-order valence-corrected chi connectivity index (χ2v) is 10.00. The molecule has 2 aliphatic rings. The molecular weight excluding hydrogens is 462 g/mol. The number of carboxylic acids is 1. The van der Waals surface area contributed by atoms with E-state index in [1.807, 2.05) is 30.3 Å². The molecule has 0 spiro atoms. The van der Waals surface area contributed by atoms with Crippen molar-refractivity contribution in [1.29, 1.82) is 0 Å². The average molecular weight is 478 g/mol. The molecule has 1 aromatic heterocycles. The van der Waals surface area contributed by atoms with Crippen molar-refractivity contribution in [2.24, 2.45) is 0 Å². The maximum atomic E-state index is 12.9. The predicted octanol–water partition coefficient (Wildman–Crippen LogP) is 1.50. The first-order valence-electron chi connectivity index (χ1n) is 8.84. The van der Waals surface area contributed by atoms with Crippen molar-refractivity contribution in [2.75, 3.05) is 11.4 Å². The van der Waals surface area contributed by atoms with Crippen LogP contribution in [0.15, 0.2) is 45.1 Å². The lowest BCUT2D eigenvalue weighted by Gasteiger charge is -2.17. The van der Waals surface area contributed by atoms with Crippen LogP contribution in [0.4, 0.5) is 5.69 Å². The van der Waals surface area contributed by atoms with Crippen LogP contribution in [-0.4, -0.2) is 32.4 Å². The van der Waals surface area contributed by atoms with Crippen molar-refractivity contribution in [3.63, 3.8) is 0 Å². The lowest BCUT2D eigenvalue weighted by molar-refractivity contribution is -0.137. The molecule has 0 bridgehead atoms. The van der Waals surface area contributed by atoms with Crippen LogP contribution in [-0.2, 0) is 16.1 Å². The highest BCUT2D eigenvalue weighted by Gasteiger charge is 2.26. The molecule has 11 heteroatoms. The van der Waals surface area contributed by atoms with Gasteiger partial charge in [0.2, 0.25) is 0 Å². The molecule has 154 valence electrons. The van der Waals surface area contributed by atoms with Gasteiger partial charge >= 0.3 is 5.97 Å². The van der Waals surface area contributed by atoms with Gasteiger partial charge in [-0.2, -0.15) is 0 Å². The lowest BCUT2D eigenvalue weighted by atomic mass is 10.3. The predicted molar refractivity (Wildman–Crippen MR) is 125 cm³/mol. The third-order valence-corrected chi connectivity index (χ3v) is 7.97. The Balaban J connectivity index is 1.84. The molecule has 1 aromatic carbocycles. The average Bonchev–Trinajstić information content (AvgIpc) is 3.33. The first-order valence-corrected chi connectivity index (χ1v) is 11.7. The van der Waals surface area contributed by atoms with Crippen LogP contribution in [0.2, 0.25) is 0 Å². The van der Waals surface area contributed by atoms with Crippen LogP contribution >= 0.6 is 47.1 Å². The summed E-state index contributed by atoms with van der Waals surface area (Å²) in [7, 11) is 0. The van der Waals surface area contributed by atoms with Gasteiger partial charge in [0.25, 0.3) is 11.5 Å². The zero-order valence-electron chi connectivity index (χ0n) is 15.6. The Labute approximate surface area is 188 Å². The molecule has 4 rings (SSSR count). The topological polar surface area (TPSA) is 91.6 Å². The molecule has 0 atom stereocenters. The number of thiazole rings is 1. The second-order valence-electron chi connectivity index (χ2n) is 6.21. The highest BCUT2D eigenvalue weighted by molar-refractivity contribution is 8.30. The van der Waals surface area contributed by atoms with Gasteiger partial charge in [-0.15, -0.1) is 11.3 Å². The van der Waals surface area contributed by atoms with E-state index < -0.39 is 24.0 Å². The second kappa shape index (κ2) is 8.42. The van der Waals surface area contributed by atoms with E-state index in [0.717, 1.165) is 49.8 Å². The summed E-state index contributed by atoms with van der Waals surface area (Å²) in [5.41, 5.74) is 0.666. The first-order chi connectivity index (χ1) is 14.4. The molecule has 0 saturated carbocycles. The molecule has 2 N–H and O–H groups in total. The van der Waals surface area contributed by atoms with Crippen molar-refractivity contribution in [2.45, 2.75) is 18.4 Å². The quantitative estimate of drug-likeness (QED) is 0.641. The summed E-state index contributed by atoms with van der Waals surface area (Å²) in [5.74, 6) is -1.58. The Hall–Kier alpha value is -2.34. The van der Waals surface area contributed by atoms with E-state index in [9.17, 15) is 19.5 Å². The highest BCUT2D eigenvalue weighted by atomic mass is 32.2. The first kappa shape index (κ1) is 20.9. The number of nitrogens with one attached hydrogen (secondary N) is 1. The number of aliphatic carboxylic acids is 1. The Morgan fingerprint density at radius 2 is 2.00 bits per heavy atom. The number of hydrogen-bond acceptors (Lipinski definition) is 8. The fourth-order valence-electron chi connectivity index (χ4n) is 3.09. The Morgan fingerprint density at radius 1 is 1.23 bits per heavy atom. The van der Waals surface area contributed by atoms with Gasteiger partial charge in [0.15, 0.2) is 0 Å². The molecule has 1 fully saturated rings. The van der Waals surface area contributed by atoms with Crippen LogP contribution in [0.1, 0.15) is 6.92 Å². The molecule has 2 aliphatic heterocycles. The minimum absolute atomic E-state index is 0.244. The van der Waals surface area contributed by atoms with E-state index in [1.54, 1.807) is 17.8 Å². The fourth-order valence-corrected chi connectivity index (χ4v) is 6.46. The van der Waals surface area contributed by atoms with Crippen LogP contribution < -0.4 is 25.0 Å². The standard InChI is InChI=1S/C19H15N3O4S4/c1-2-21-10-5-3-4-6-11(10)28-13(21)8-7-12-17(26)22(9-14(23)24)18(29-12)15-16(25)20-19(27)30-15/h3-8H,2,9H2,1H3,(H,23,24)(H,20,25,27)/b12-7?,13-8?,18-15-. The molecule has 0 unspecified atom stereocenters. The third-order valence-electron chi connectivity index (χ3n) is 4.34. The maximum absolute atomic E-state index is 12.9. The normalized spacial score (nSPS) is 19.6. The number of hydrogen-bond donors (Lipinski definition) is 2. The number of carboxylic acid groups (broad SMARTS) is 1. The van der Waals surface area contributed by atoms with Gasteiger partial charge in [-0.25, -0.2) is 0 Å². The number of carbonyl (C=O) groups is 2. The fraction of sp³-hybridized carbons (Fsp3) is 0.158. The smallest absolute Gasteiger partial charge is 0.323 e. The summed E-state index contributed by atoms with van der Waals surface area (Å²) in [4.78, 5) is 39.9. The zero-order chi connectivity index (χ0) is 21.4. The summed E-state index contributed by atoms with van der Waals surface area (Å²) < 4.78 is 2.04. The number of nitrogens with zero attached hydrogens (tertiary/aromatic N) is 2. The lowest BCUT2D eigenvalue weighted by Crippen LogP contribution is -2.35. The van der Waals surface area contributed by atoms with E-state index in [2.05, 4.69) is 17.1 Å². The van der Waals surface area contributed by atoms with Crippen molar-refractivity contribution in [3.8, 4) is 0 Å². The van der Waals surface area contributed by atoms with Gasteiger partial charge in [-0.1, -0.05) is 47.9 Å². The van der Waals surface area contributed by atoms with Gasteiger partial charge < -0.3 is 15.3 Å². The van der Waals surface area contributed by atoms with Crippen molar-refractivity contribution < 1.29 is 14.7 Å². The molecule has 0 aliphatic carbocycles. The molecule has 3 heterocycles. The van der Waals surface area contributed by atoms with Crippen LogP contribution in [0.5, 0.6) is 0 Å². The summed E-state index contributed by atoms with van der Waals surface area (Å²) in [6, 6.07) is 8.05. The molecule has 0 radical (unpaired) electrons. The molecule has 2 aromatic rings.